The van der Waals surface area contributed by atoms with Gasteiger partial charge >= 0.3 is 5.69 Å². The Hall–Kier alpha value is -1.04. The highest BCUT2D eigenvalue weighted by atomic mass is 32.2. The van der Waals surface area contributed by atoms with E-state index in [1.165, 1.54) is 6.20 Å². The van der Waals surface area contributed by atoms with Crippen molar-refractivity contribution in [1.29, 1.82) is 0 Å². The van der Waals surface area contributed by atoms with Gasteiger partial charge in [-0.15, -0.1) is 0 Å². The third kappa shape index (κ3) is 1.51. The number of aromatic nitrogens is 2. The first-order valence-corrected chi connectivity index (χ1v) is 4.75. The summed E-state index contributed by atoms with van der Waals surface area (Å²) in [6.07, 6.45) is 2.22. The van der Waals surface area contributed by atoms with Crippen LogP contribution in [0.1, 0.15) is 5.69 Å². The Labute approximate surface area is 63.7 Å². The van der Waals surface area contributed by atoms with Crippen LogP contribution in [0.2, 0.25) is 0 Å². The molecule has 0 amide bonds. The van der Waals surface area contributed by atoms with E-state index in [1.807, 2.05) is 0 Å². The van der Waals surface area contributed by atoms with Crippen LogP contribution in [0.5, 0.6) is 0 Å². The molecule has 1 heterocycles. The Kier molecular flexibility index (Phi) is 1.63. The second-order valence-corrected chi connectivity index (χ2v) is 4.16. The number of nitrogens with one attached hydrogen (secondary N) is 1. The number of hydrogen-bond acceptors (Lipinski definition) is 3. The van der Waals surface area contributed by atoms with E-state index in [1.54, 1.807) is 6.92 Å². The van der Waals surface area contributed by atoms with Gasteiger partial charge in [-0.2, -0.15) is 3.97 Å². The molecule has 1 aromatic rings. The molecule has 0 atom stereocenters. The van der Waals surface area contributed by atoms with Crippen molar-refractivity contribution < 1.29 is 8.42 Å². The zero-order valence-electron chi connectivity index (χ0n) is 6.16. The molecule has 0 aliphatic rings. The molecule has 1 N–H and O–H groups in total. The molecule has 0 aliphatic carbocycles. The Bertz CT molecular complexity index is 411. The minimum absolute atomic E-state index is 0.528. The lowest BCUT2D eigenvalue weighted by atomic mass is 10.6. The Morgan fingerprint density at radius 2 is 2.09 bits per heavy atom. The lowest BCUT2D eigenvalue weighted by molar-refractivity contribution is 0.591. The normalized spacial score (nSPS) is 11.8. The van der Waals surface area contributed by atoms with Crippen molar-refractivity contribution in [1.82, 2.24) is 8.96 Å². The van der Waals surface area contributed by atoms with Gasteiger partial charge in [-0.05, 0) is 6.92 Å². The fourth-order valence-electron chi connectivity index (χ4n) is 0.737. The Balaban J connectivity index is 3.49. The molecule has 0 aliphatic heterocycles. The molecule has 0 spiro atoms. The average molecular weight is 176 g/mol. The highest BCUT2D eigenvalue weighted by Gasteiger charge is 2.08. The van der Waals surface area contributed by atoms with E-state index in [-0.39, 0.29) is 0 Å². The van der Waals surface area contributed by atoms with Crippen molar-refractivity contribution in [2.24, 2.45) is 0 Å². The monoisotopic (exact) mass is 176 g/mol. The van der Waals surface area contributed by atoms with Crippen molar-refractivity contribution >= 4 is 10.0 Å². The van der Waals surface area contributed by atoms with Crippen molar-refractivity contribution in [2.75, 3.05) is 6.26 Å². The summed E-state index contributed by atoms with van der Waals surface area (Å²) in [7, 11) is -3.44. The minimum atomic E-state index is -3.44. The van der Waals surface area contributed by atoms with E-state index in [4.69, 9.17) is 0 Å². The Morgan fingerprint density at radius 3 is 2.27 bits per heavy atom. The van der Waals surface area contributed by atoms with E-state index in [9.17, 15) is 13.2 Å². The molecule has 62 valence electrons. The fraction of sp³-hybridized carbons (Fsp3) is 0.400. The number of nitrogens with zero attached hydrogens (tertiary/aromatic N) is 1. The van der Waals surface area contributed by atoms with E-state index in [0.717, 1.165) is 6.26 Å². The second kappa shape index (κ2) is 2.23. The molecule has 6 heteroatoms. The summed E-state index contributed by atoms with van der Waals surface area (Å²) in [5.41, 5.74) is -0.0922. The predicted molar refractivity (Wildman–Crippen MR) is 40.0 cm³/mol. The number of rotatable bonds is 1. The maximum atomic E-state index is 10.8. The summed E-state index contributed by atoms with van der Waals surface area (Å²) in [6.45, 7) is 1.61. The third-order valence-electron chi connectivity index (χ3n) is 1.17. The quantitative estimate of drug-likeness (QED) is 0.614. The molecule has 0 saturated heterocycles. The molecule has 5 nitrogen and oxygen atoms in total. The van der Waals surface area contributed by atoms with E-state index in [0.29, 0.717) is 9.67 Å². The van der Waals surface area contributed by atoms with Crippen molar-refractivity contribution in [3.05, 3.63) is 22.4 Å². The SMILES string of the molecule is Cc1cn(S(C)(=O)=O)c(=O)[nH]1. The van der Waals surface area contributed by atoms with Gasteiger partial charge in [0.1, 0.15) is 0 Å². The fourth-order valence-corrected chi connectivity index (χ4v) is 1.43. The summed E-state index contributed by atoms with van der Waals surface area (Å²) in [5.74, 6) is 0. The van der Waals surface area contributed by atoms with Gasteiger partial charge in [-0.1, -0.05) is 0 Å². The molecule has 0 aromatic carbocycles. The van der Waals surface area contributed by atoms with Crippen LogP contribution in [-0.4, -0.2) is 23.6 Å². The van der Waals surface area contributed by atoms with Crippen LogP contribution in [0, 0.1) is 6.92 Å². The largest absolute Gasteiger partial charge is 0.339 e. The van der Waals surface area contributed by atoms with E-state index < -0.39 is 15.7 Å². The molecule has 0 fully saturated rings. The molecule has 11 heavy (non-hydrogen) atoms. The minimum Gasteiger partial charge on any atom is -0.309 e. The maximum absolute atomic E-state index is 10.8. The van der Waals surface area contributed by atoms with Crippen LogP contribution < -0.4 is 5.69 Å². The van der Waals surface area contributed by atoms with Gasteiger partial charge in [0.05, 0.1) is 6.26 Å². The number of aryl methyl sites for hydroxylation is 1. The molecule has 0 bridgehead atoms. The zero-order chi connectivity index (χ0) is 8.65. The third-order valence-corrected chi connectivity index (χ3v) is 2.16. The van der Waals surface area contributed by atoms with Crippen LogP contribution in [0.3, 0.4) is 0 Å². The first-order valence-electron chi connectivity index (χ1n) is 2.90. The first kappa shape index (κ1) is 8.06. The second-order valence-electron chi connectivity index (χ2n) is 2.30. The van der Waals surface area contributed by atoms with Crippen molar-refractivity contribution in [3.8, 4) is 0 Å². The predicted octanol–water partition coefficient (Wildman–Crippen LogP) is -0.707. The van der Waals surface area contributed by atoms with Gasteiger partial charge < -0.3 is 4.98 Å². The summed E-state index contributed by atoms with van der Waals surface area (Å²) in [4.78, 5) is 13.2. The van der Waals surface area contributed by atoms with Crippen LogP contribution >= 0.6 is 0 Å². The topological polar surface area (TPSA) is 71.9 Å². The molecule has 0 unspecified atom stereocenters. The van der Waals surface area contributed by atoms with Crippen LogP contribution in [0.4, 0.5) is 0 Å². The molecule has 1 aromatic heterocycles. The lowest BCUT2D eigenvalue weighted by Crippen LogP contribution is -2.22. The zero-order valence-corrected chi connectivity index (χ0v) is 6.97. The van der Waals surface area contributed by atoms with Gasteiger partial charge in [0, 0.05) is 11.9 Å². The number of H-pyrrole nitrogens is 1. The molecule has 0 saturated carbocycles. The van der Waals surface area contributed by atoms with Crippen LogP contribution in [-0.2, 0) is 10.0 Å². The van der Waals surface area contributed by atoms with Crippen LogP contribution in [0.15, 0.2) is 11.0 Å². The summed E-state index contributed by atoms with van der Waals surface area (Å²) < 4.78 is 22.3. The number of aromatic amines is 1. The standard InChI is InChI=1S/C5H8N2O3S/c1-4-3-7(5(8)6-4)11(2,9)10/h3H,1-2H3,(H,6,8). The van der Waals surface area contributed by atoms with Gasteiger partial charge in [-0.25, -0.2) is 13.2 Å². The highest BCUT2D eigenvalue weighted by Crippen LogP contribution is 1.91. The first-order chi connectivity index (χ1) is 4.91. The smallest absolute Gasteiger partial charge is 0.309 e. The number of imidazole rings is 1. The van der Waals surface area contributed by atoms with Crippen molar-refractivity contribution in [2.45, 2.75) is 6.92 Å². The average Bonchev–Trinajstić information content (AvgIpc) is 2.08. The Morgan fingerprint density at radius 1 is 1.55 bits per heavy atom. The highest BCUT2D eigenvalue weighted by molar-refractivity contribution is 7.89. The maximum Gasteiger partial charge on any atom is 0.339 e. The van der Waals surface area contributed by atoms with Gasteiger partial charge in [0.25, 0.3) is 0 Å². The molecule has 0 radical (unpaired) electrons. The summed E-state index contributed by atoms with van der Waals surface area (Å²) in [6, 6.07) is 0. The van der Waals surface area contributed by atoms with Gasteiger partial charge in [-0.3, -0.25) is 0 Å². The van der Waals surface area contributed by atoms with E-state index >= 15 is 0 Å². The van der Waals surface area contributed by atoms with Crippen LogP contribution in [0.25, 0.3) is 0 Å². The van der Waals surface area contributed by atoms with Gasteiger partial charge in [0.2, 0.25) is 10.0 Å². The lowest BCUT2D eigenvalue weighted by Gasteiger charge is -1.92. The van der Waals surface area contributed by atoms with Gasteiger partial charge in [0.15, 0.2) is 0 Å². The summed E-state index contributed by atoms with van der Waals surface area (Å²) >= 11 is 0. The van der Waals surface area contributed by atoms with Crippen molar-refractivity contribution in [3.63, 3.8) is 0 Å². The molecular weight excluding hydrogens is 168 g/mol. The van der Waals surface area contributed by atoms with E-state index in [2.05, 4.69) is 4.98 Å². The molecular formula is C5H8N2O3S. The number of hydrogen-bond donors (Lipinski definition) is 1. The molecule has 1 rings (SSSR count). The summed E-state index contributed by atoms with van der Waals surface area (Å²) in [5, 5.41) is 0.